The maximum absolute atomic E-state index is 12.2. The van der Waals surface area contributed by atoms with Crippen LogP contribution in [0.25, 0.3) is 0 Å². The highest BCUT2D eigenvalue weighted by molar-refractivity contribution is 6.43. The summed E-state index contributed by atoms with van der Waals surface area (Å²) in [4.78, 5) is 12.2. The Kier molecular flexibility index (Phi) is 5.62. The molecule has 2 aromatic carbocycles. The molecule has 0 radical (unpaired) electrons. The topological polar surface area (TPSA) is 49.3 Å². The Morgan fingerprint density at radius 1 is 1.10 bits per heavy atom. The number of benzene rings is 2. The van der Waals surface area contributed by atoms with Gasteiger partial charge in [0.25, 0.3) is 5.91 Å². The van der Waals surface area contributed by atoms with Crippen LogP contribution < -0.4 is 5.32 Å². The van der Waals surface area contributed by atoms with Gasteiger partial charge in [-0.1, -0.05) is 59.6 Å². The molecule has 0 fully saturated rings. The molecule has 1 atom stereocenters. The van der Waals surface area contributed by atoms with Gasteiger partial charge in [-0.15, -0.1) is 0 Å². The molecule has 5 heteroatoms. The van der Waals surface area contributed by atoms with Crippen LogP contribution in [0.2, 0.25) is 10.0 Å². The Hall–Kier alpha value is -1.55. The predicted octanol–water partition coefficient (Wildman–Crippen LogP) is 3.33. The first-order valence-corrected chi connectivity index (χ1v) is 7.27. The van der Waals surface area contributed by atoms with Crippen molar-refractivity contribution >= 4 is 29.1 Å². The first-order chi connectivity index (χ1) is 10.1. The molecule has 0 bridgehead atoms. The molecule has 2 aromatic rings. The predicted molar refractivity (Wildman–Crippen MR) is 84.9 cm³/mol. The Bertz CT molecular complexity index is 617. The summed E-state index contributed by atoms with van der Waals surface area (Å²) in [6.45, 7) is -0.154. The van der Waals surface area contributed by atoms with Gasteiger partial charge >= 0.3 is 0 Å². The zero-order chi connectivity index (χ0) is 15.2. The average molecular weight is 324 g/mol. The number of carbonyl (C=O) groups is 1. The van der Waals surface area contributed by atoms with Crippen molar-refractivity contribution in [2.45, 2.75) is 12.5 Å². The molecule has 2 N–H and O–H groups in total. The summed E-state index contributed by atoms with van der Waals surface area (Å²) < 4.78 is 0. The second kappa shape index (κ2) is 7.46. The first-order valence-electron chi connectivity index (χ1n) is 6.51. The van der Waals surface area contributed by atoms with E-state index in [1.165, 1.54) is 0 Å². The minimum atomic E-state index is -0.380. The summed E-state index contributed by atoms with van der Waals surface area (Å²) in [5.41, 5.74) is 1.34. The van der Waals surface area contributed by atoms with Crippen LogP contribution >= 0.6 is 23.2 Å². The number of amides is 1. The lowest BCUT2D eigenvalue weighted by Crippen LogP contribution is -2.39. The summed E-state index contributed by atoms with van der Waals surface area (Å²) in [6.07, 6.45) is 0.543. The summed E-state index contributed by atoms with van der Waals surface area (Å²) in [7, 11) is 0. The van der Waals surface area contributed by atoms with Crippen molar-refractivity contribution in [1.82, 2.24) is 5.32 Å². The van der Waals surface area contributed by atoms with Gasteiger partial charge in [0.2, 0.25) is 0 Å². The van der Waals surface area contributed by atoms with Gasteiger partial charge in [0, 0.05) is 0 Å². The molecule has 110 valence electrons. The van der Waals surface area contributed by atoms with E-state index in [9.17, 15) is 9.90 Å². The number of rotatable bonds is 5. The van der Waals surface area contributed by atoms with E-state index in [1.807, 2.05) is 30.3 Å². The molecule has 0 aliphatic heterocycles. The van der Waals surface area contributed by atoms with Crippen molar-refractivity contribution in [2.24, 2.45) is 0 Å². The second-order valence-electron chi connectivity index (χ2n) is 4.64. The minimum absolute atomic E-state index is 0.154. The average Bonchev–Trinajstić information content (AvgIpc) is 2.50. The van der Waals surface area contributed by atoms with Crippen LogP contribution in [-0.2, 0) is 6.42 Å². The van der Waals surface area contributed by atoms with E-state index in [4.69, 9.17) is 23.2 Å². The highest BCUT2D eigenvalue weighted by Crippen LogP contribution is 2.25. The zero-order valence-electron chi connectivity index (χ0n) is 11.2. The van der Waals surface area contributed by atoms with Crippen LogP contribution in [0, 0.1) is 0 Å². The van der Waals surface area contributed by atoms with Crippen LogP contribution in [0.4, 0.5) is 0 Å². The molecule has 2 rings (SSSR count). The normalized spacial score (nSPS) is 12.0. The third-order valence-electron chi connectivity index (χ3n) is 3.08. The Morgan fingerprint density at radius 3 is 2.48 bits per heavy atom. The lowest BCUT2D eigenvalue weighted by atomic mass is 10.1. The van der Waals surface area contributed by atoms with Gasteiger partial charge < -0.3 is 10.4 Å². The van der Waals surface area contributed by atoms with E-state index in [-0.39, 0.29) is 23.6 Å². The van der Waals surface area contributed by atoms with Gasteiger partial charge in [-0.2, -0.15) is 0 Å². The number of carbonyl (C=O) groups excluding carboxylic acids is 1. The van der Waals surface area contributed by atoms with Gasteiger partial charge in [-0.05, 0) is 24.1 Å². The van der Waals surface area contributed by atoms with Gasteiger partial charge in [0.05, 0.1) is 28.3 Å². The molecule has 0 saturated carbocycles. The van der Waals surface area contributed by atoms with Crippen LogP contribution in [0.1, 0.15) is 15.9 Å². The van der Waals surface area contributed by atoms with Gasteiger partial charge in [0.15, 0.2) is 0 Å². The number of hydrogen-bond donors (Lipinski definition) is 2. The fourth-order valence-corrected chi connectivity index (χ4v) is 2.39. The third kappa shape index (κ3) is 4.21. The monoisotopic (exact) mass is 323 g/mol. The summed E-state index contributed by atoms with van der Waals surface area (Å²) >= 11 is 11.9. The van der Waals surface area contributed by atoms with Crippen LogP contribution in [0.5, 0.6) is 0 Å². The van der Waals surface area contributed by atoms with E-state index < -0.39 is 0 Å². The van der Waals surface area contributed by atoms with Crippen molar-refractivity contribution in [3.63, 3.8) is 0 Å². The van der Waals surface area contributed by atoms with Crippen molar-refractivity contribution < 1.29 is 9.90 Å². The molecular weight excluding hydrogens is 309 g/mol. The molecule has 0 aliphatic rings. The van der Waals surface area contributed by atoms with Gasteiger partial charge in [0.1, 0.15) is 0 Å². The molecule has 0 spiro atoms. The fraction of sp³-hybridized carbons (Fsp3) is 0.188. The highest BCUT2D eigenvalue weighted by atomic mass is 35.5. The zero-order valence-corrected chi connectivity index (χ0v) is 12.7. The van der Waals surface area contributed by atoms with Crippen molar-refractivity contribution in [3.8, 4) is 0 Å². The number of nitrogens with one attached hydrogen (secondary N) is 1. The standard InChI is InChI=1S/C16H15Cl2NO2/c17-14-8-4-7-13(15(14)18)16(21)19-12(10-20)9-11-5-2-1-3-6-11/h1-8,12,20H,9-10H2,(H,19,21)/t12-/m1/s1. The Balaban J connectivity index is 2.08. The summed E-state index contributed by atoms with van der Waals surface area (Å²) in [6, 6.07) is 14.1. The summed E-state index contributed by atoms with van der Waals surface area (Å²) in [5, 5.41) is 12.7. The van der Waals surface area contributed by atoms with E-state index in [2.05, 4.69) is 5.32 Å². The molecule has 1 amide bonds. The molecule has 21 heavy (non-hydrogen) atoms. The molecule has 0 unspecified atom stereocenters. The number of halogens is 2. The van der Waals surface area contributed by atoms with E-state index in [1.54, 1.807) is 18.2 Å². The van der Waals surface area contributed by atoms with Crippen molar-refractivity contribution in [2.75, 3.05) is 6.61 Å². The molecular formula is C16H15Cl2NO2. The van der Waals surface area contributed by atoms with E-state index >= 15 is 0 Å². The maximum Gasteiger partial charge on any atom is 0.253 e. The van der Waals surface area contributed by atoms with Gasteiger partial charge in [-0.3, -0.25) is 4.79 Å². The third-order valence-corrected chi connectivity index (χ3v) is 3.90. The van der Waals surface area contributed by atoms with Crippen LogP contribution in [0.3, 0.4) is 0 Å². The lowest BCUT2D eigenvalue weighted by molar-refractivity contribution is 0.0916. The fourth-order valence-electron chi connectivity index (χ4n) is 2.00. The smallest absolute Gasteiger partial charge is 0.253 e. The first kappa shape index (κ1) is 15.8. The maximum atomic E-state index is 12.2. The Morgan fingerprint density at radius 2 is 1.81 bits per heavy atom. The van der Waals surface area contributed by atoms with E-state index in [0.29, 0.717) is 17.0 Å². The molecule has 3 nitrogen and oxygen atoms in total. The summed E-state index contributed by atoms with van der Waals surface area (Å²) in [5.74, 6) is -0.350. The van der Waals surface area contributed by atoms with Crippen molar-refractivity contribution in [1.29, 1.82) is 0 Å². The lowest BCUT2D eigenvalue weighted by Gasteiger charge is -2.17. The largest absolute Gasteiger partial charge is 0.394 e. The minimum Gasteiger partial charge on any atom is -0.394 e. The Labute approximate surface area is 133 Å². The van der Waals surface area contributed by atoms with Crippen molar-refractivity contribution in [3.05, 3.63) is 69.7 Å². The number of aliphatic hydroxyl groups is 1. The molecule has 0 saturated heterocycles. The molecule has 0 aromatic heterocycles. The molecule has 0 aliphatic carbocycles. The number of hydrogen-bond acceptors (Lipinski definition) is 2. The van der Waals surface area contributed by atoms with Crippen LogP contribution in [-0.4, -0.2) is 23.7 Å². The van der Waals surface area contributed by atoms with Crippen LogP contribution in [0.15, 0.2) is 48.5 Å². The van der Waals surface area contributed by atoms with Gasteiger partial charge in [-0.25, -0.2) is 0 Å². The van der Waals surface area contributed by atoms with E-state index in [0.717, 1.165) is 5.56 Å². The SMILES string of the molecule is O=C(N[C@@H](CO)Cc1ccccc1)c1cccc(Cl)c1Cl. The highest BCUT2D eigenvalue weighted by Gasteiger charge is 2.17. The number of aliphatic hydroxyl groups excluding tert-OH is 1. The quantitative estimate of drug-likeness (QED) is 0.886. The second-order valence-corrected chi connectivity index (χ2v) is 5.43. The molecule has 0 heterocycles.